The molecule has 1 aromatic carbocycles. The van der Waals surface area contributed by atoms with E-state index in [0.717, 1.165) is 18.2 Å². The maximum atomic E-state index is 13.7. The molecule has 0 unspecified atom stereocenters. The zero-order valence-corrected chi connectivity index (χ0v) is 13.8. The molecule has 5 nitrogen and oxygen atoms in total. The van der Waals surface area contributed by atoms with Gasteiger partial charge in [0.05, 0.1) is 11.3 Å². The Morgan fingerprint density at radius 1 is 1.11 bits per heavy atom. The Bertz CT molecular complexity index is 930. The van der Waals surface area contributed by atoms with Crippen molar-refractivity contribution in [3.05, 3.63) is 59.2 Å². The molecule has 2 heterocycles. The number of rotatable bonds is 3. The van der Waals surface area contributed by atoms with Crippen LogP contribution in [0.3, 0.4) is 0 Å². The number of alkyl halides is 3. The molecule has 1 fully saturated rings. The van der Waals surface area contributed by atoms with Crippen LogP contribution in [0.15, 0.2) is 30.5 Å². The molecule has 3 rings (SSSR count). The molecule has 1 saturated heterocycles. The molecule has 2 N–H and O–H groups in total. The first kappa shape index (κ1) is 19.6. The minimum absolute atomic E-state index is 0.0391. The highest BCUT2D eigenvalue weighted by Gasteiger charge is 2.42. The lowest BCUT2D eigenvalue weighted by molar-refractivity contribution is -0.138. The van der Waals surface area contributed by atoms with Crippen LogP contribution in [-0.2, 0) is 15.8 Å². The number of pyridine rings is 1. The zero-order chi connectivity index (χ0) is 20.6. The number of nitrogens with one attached hydrogen (secondary N) is 2. The first-order chi connectivity index (χ1) is 13.1. The van der Waals surface area contributed by atoms with Gasteiger partial charge in [0, 0.05) is 24.4 Å². The highest BCUT2D eigenvalue weighted by Crippen LogP contribution is 2.33. The van der Waals surface area contributed by atoms with E-state index in [1.54, 1.807) is 0 Å². The molecule has 2 amide bonds. The highest BCUT2D eigenvalue weighted by molar-refractivity contribution is 6.08. The molecule has 28 heavy (non-hydrogen) atoms. The molecule has 0 bridgehead atoms. The Labute approximate surface area is 153 Å². The number of carbonyl (C=O) groups excluding carboxylic acids is 2. The number of amides is 2. The second-order valence-electron chi connectivity index (χ2n) is 6.01. The summed E-state index contributed by atoms with van der Waals surface area (Å²) in [4.78, 5) is 28.1. The second kappa shape index (κ2) is 7.13. The minimum atomic E-state index is -4.60. The number of aromatic nitrogens is 1. The van der Waals surface area contributed by atoms with Gasteiger partial charge in [-0.25, -0.2) is 13.2 Å². The predicted octanol–water partition coefficient (Wildman–Crippen LogP) is 2.99. The van der Waals surface area contributed by atoms with Crippen molar-refractivity contribution < 1.29 is 35.9 Å². The maximum absolute atomic E-state index is 13.7. The molecule has 11 heteroatoms. The van der Waals surface area contributed by atoms with E-state index in [9.17, 15) is 35.9 Å². The first-order valence-electron chi connectivity index (χ1n) is 7.85. The number of hydrogen-bond donors (Lipinski definition) is 2. The molecular formula is C17H11F6N3O2. The number of halogens is 6. The van der Waals surface area contributed by atoms with Gasteiger partial charge in [-0.15, -0.1) is 0 Å². The van der Waals surface area contributed by atoms with Crippen molar-refractivity contribution in [1.82, 2.24) is 10.3 Å². The summed E-state index contributed by atoms with van der Waals surface area (Å²) in [6.45, 7) is -0.0878. The Morgan fingerprint density at radius 2 is 1.82 bits per heavy atom. The first-order valence-corrected chi connectivity index (χ1v) is 7.85. The molecular weight excluding hydrogens is 392 g/mol. The summed E-state index contributed by atoms with van der Waals surface area (Å²) in [5.74, 6) is -9.06. The van der Waals surface area contributed by atoms with Crippen LogP contribution in [0.25, 0.3) is 0 Å². The van der Waals surface area contributed by atoms with Crippen LogP contribution in [-0.4, -0.2) is 23.3 Å². The van der Waals surface area contributed by atoms with Crippen LogP contribution >= 0.6 is 0 Å². The number of anilines is 1. The number of benzene rings is 1. The van der Waals surface area contributed by atoms with E-state index in [1.165, 1.54) is 0 Å². The molecule has 0 saturated carbocycles. The fraction of sp³-hybridized carbons (Fsp3) is 0.235. The maximum Gasteiger partial charge on any atom is 0.417 e. The monoisotopic (exact) mass is 403 g/mol. The van der Waals surface area contributed by atoms with Gasteiger partial charge in [-0.05, 0) is 24.3 Å². The highest BCUT2D eigenvalue weighted by atomic mass is 19.4. The lowest BCUT2D eigenvalue weighted by Crippen LogP contribution is -2.32. The van der Waals surface area contributed by atoms with Crippen molar-refractivity contribution in [2.24, 2.45) is 5.92 Å². The number of carbonyl (C=O) groups is 2. The average Bonchev–Trinajstić information content (AvgIpc) is 3.03. The van der Waals surface area contributed by atoms with Crippen molar-refractivity contribution in [1.29, 1.82) is 0 Å². The number of nitrogens with zero attached hydrogens (tertiary/aromatic N) is 1. The normalized spacial score (nSPS) is 19.4. The largest absolute Gasteiger partial charge is 0.417 e. The molecule has 1 aliphatic rings. The third-order valence-electron chi connectivity index (χ3n) is 4.25. The van der Waals surface area contributed by atoms with E-state index in [4.69, 9.17) is 0 Å². The van der Waals surface area contributed by atoms with E-state index in [0.29, 0.717) is 12.3 Å². The van der Waals surface area contributed by atoms with Gasteiger partial charge in [-0.3, -0.25) is 14.6 Å². The van der Waals surface area contributed by atoms with Gasteiger partial charge < -0.3 is 10.6 Å². The standard InChI is InChI=1S/C17H11F6N3O2/c18-9-2-4-11(14(20)13(9)19)26-16(28)12-8(6-25-15(12)27)10-3-1-7(5-24-10)17(21,22)23/h1-5,8,12H,6H2,(H,25,27)(H,26,28)/t8-,12-/m1/s1. The van der Waals surface area contributed by atoms with Crippen molar-refractivity contribution in [3.63, 3.8) is 0 Å². The second-order valence-corrected chi connectivity index (χ2v) is 6.01. The van der Waals surface area contributed by atoms with Gasteiger partial charge in [0.1, 0.15) is 5.92 Å². The fourth-order valence-electron chi connectivity index (χ4n) is 2.82. The Morgan fingerprint density at radius 3 is 2.43 bits per heavy atom. The van der Waals surface area contributed by atoms with Crippen molar-refractivity contribution in [2.45, 2.75) is 12.1 Å². The predicted molar refractivity (Wildman–Crippen MR) is 83.4 cm³/mol. The summed E-state index contributed by atoms with van der Waals surface area (Å²) in [5, 5.41) is 4.37. The molecule has 2 aromatic rings. The van der Waals surface area contributed by atoms with Gasteiger partial charge in [0.25, 0.3) is 0 Å². The summed E-state index contributed by atoms with van der Waals surface area (Å²) < 4.78 is 77.9. The summed E-state index contributed by atoms with van der Waals surface area (Å²) in [5.41, 5.74) is -1.64. The van der Waals surface area contributed by atoms with Crippen LogP contribution in [0.4, 0.5) is 32.0 Å². The average molecular weight is 403 g/mol. The van der Waals surface area contributed by atoms with Gasteiger partial charge in [-0.2, -0.15) is 13.2 Å². The Hall–Kier alpha value is -3.11. The van der Waals surface area contributed by atoms with Crippen LogP contribution in [0.1, 0.15) is 17.2 Å². The third-order valence-corrected chi connectivity index (χ3v) is 4.25. The van der Waals surface area contributed by atoms with Gasteiger partial charge in [0.15, 0.2) is 17.5 Å². The molecule has 0 spiro atoms. The molecule has 1 aromatic heterocycles. The van der Waals surface area contributed by atoms with E-state index < -0.39 is 58.5 Å². The van der Waals surface area contributed by atoms with Crippen LogP contribution in [0.5, 0.6) is 0 Å². The van der Waals surface area contributed by atoms with Crippen molar-refractivity contribution >= 4 is 17.5 Å². The van der Waals surface area contributed by atoms with Gasteiger partial charge in [0.2, 0.25) is 11.8 Å². The zero-order valence-electron chi connectivity index (χ0n) is 13.8. The SMILES string of the molecule is O=C1NC[C@H](c2ccc(C(F)(F)F)cn2)[C@H]1C(=O)Nc1ccc(F)c(F)c1F. The van der Waals surface area contributed by atoms with E-state index in [1.807, 2.05) is 5.32 Å². The lowest BCUT2D eigenvalue weighted by Gasteiger charge is -2.17. The summed E-state index contributed by atoms with van der Waals surface area (Å²) in [6.07, 6.45) is -4.03. The van der Waals surface area contributed by atoms with Gasteiger partial charge >= 0.3 is 6.18 Å². The fourth-order valence-corrected chi connectivity index (χ4v) is 2.82. The molecule has 0 aliphatic carbocycles. The summed E-state index contributed by atoms with van der Waals surface area (Å²) in [7, 11) is 0. The third kappa shape index (κ3) is 3.64. The smallest absolute Gasteiger partial charge is 0.355 e. The Kier molecular flexibility index (Phi) is 5.01. The molecule has 2 atom stereocenters. The Balaban J connectivity index is 1.84. The minimum Gasteiger partial charge on any atom is -0.355 e. The van der Waals surface area contributed by atoms with Crippen molar-refractivity contribution in [3.8, 4) is 0 Å². The van der Waals surface area contributed by atoms with E-state index >= 15 is 0 Å². The van der Waals surface area contributed by atoms with E-state index in [-0.39, 0.29) is 12.2 Å². The topological polar surface area (TPSA) is 71.1 Å². The molecule has 148 valence electrons. The van der Waals surface area contributed by atoms with Crippen LogP contribution in [0, 0.1) is 23.4 Å². The van der Waals surface area contributed by atoms with E-state index in [2.05, 4.69) is 10.3 Å². The molecule has 1 aliphatic heterocycles. The van der Waals surface area contributed by atoms with Gasteiger partial charge in [-0.1, -0.05) is 0 Å². The van der Waals surface area contributed by atoms with Crippen LogP contribution < -0.4 is 10.6 Å². The summed E-state index contributed by atoms with van der Waals surface area (Å²) >= 11 is 0. The van der Waals surface area contributed by atoms with Crippen molar-refractivity contribution in [2.75, 3.05) is 11.9 Å². The summed E-state index contributed by atoms with van der Waals surface area (Å²) in [6, 6.07) is 3.17. The lowest BCUT2D eigenvalue weighted by atomic mass is 9.90. The quantitative estimate of drug-likeness (QED) is 0.470. The number of hydrogen-bond acceptors (Lipinski definition) is 3. The van der Waals surface area contributed by atoms with Crippen LogP contribution in [0.2, 0.25) is 0 Å². The molecule has 0 radical (unpaired) electrons.